The molecule has 0 N–H and O–H groups in total. The molecule has 0 aliphatic carbocycles. The second-order valence-corrected chi connectivity index (χ2v) is 4.92. The number of pyridine rings is 1. The number of likely N-dealkylation sites (N-methyl/N-ethyl adjacent to an activating group) is 1. The van der Waals surface area contributed by atoms with E-state index in [9.17, 15) is 4.79 Å². The fraction of sp³-hybridized carbons (Fsp3) is 0.294. The summed E-state index contributed by atoms with van der Waals surface area (Å²) in [7, 11) is 3.17. The summed E-state index contributed by atoms with van der Waals surface area (Å²) in [5, 5.41) is 0. The van der Waals surface area contributed by atoms with Crippen molar-refractivity contribution in [1.82, 2.24) is 4.98 Å². The van der Waals surface area contributed by atoms with Crippen LogP contribution in [0, 0.1) is 0 Å². The first-order chi connectivity index (χ1) is 10.6. The number of nitrogens with zero attached hydrogens (tertiary/aromatic N) is 2. The van der Waals surface area contributed by atoms with Crippen LogP contribution in [0.15, 0.2) is 48.5 Å². The van der Waals surface area contributed by atoms with Gasteiger partial charge in [-0.2, -0.15) is 4.98 Å². The Morgan fingerprint density at radius 3 is 2.59 bits per heavy atom. The van der Waals surface area contributed by atoms with Gasteiger partial charge in [-0.25, -0.2) is 4.79 Å². The Balaban J connectivity index is 2.05. The van der Waals surface area contributed by atoms with E-state index in [0.29, 0.717) is 18.3 Å². The van der Waals surface area contributed by atoms with Crippen molar-refractivity contribution in [3.05, 3.63) is 54.1 Å². The maximum atomic E-state index is 11.6. The van der Waals surface area contributed by atoms with Crippen LogP contribution in [0.1, 0.15) is 12.5 Å². The van der Waals surface area contributed by atoms with E-state index < -0.39 is 6.04 Å². The zero-order chi connectivity index (χ0) is 15.9. The molecule has 1 heterocycles. The van der Waals surface area contributed by atoms with E-state index in [0.717, 1.165) is 5.56 Å². The third-order valence-electron chi connectivity index (χ3n) is 3.42. The molecule has 0 bridgehead atoms. The van der Waals surface area contributed by atoms with Crippen molar-refractivity contribution in [2.24, 2.45) is 0 Å². The van der Waals surface area contributed by atoms with Gasteiger partial charge >= 0.3 is 5.97 Å². The predicted octanol–water partition coefficient (Wildman–Crippen LogP) is 2.66. The minimum atomic E-state index is -0.415. The normalized spacial score (nSPS) is 11.6. The molecular weight excluding hydrogens is 280 g/mol. The molecule has 0 aliphatic rings. The summed E-state index contributed by atoms with van der Waals surface area (Å²) >= 11 is 0. The summed E-state index contributed by atoms with van der Waals surface area (Å²) in [6.07, 6.45) is 0. The summed E-state index contributed by atoms with van der Waals surface area (Å²) in [6.45, 7) is 2.22. The Bertz CT molecular complexity index is 616. The molecule has 22 heavy (non-hydrogen) atoms. The Morgan fingerprint density at radius 2 is 1.91 bits per heavy atom. The van der Waals surface area contributed by atoms with Crippen LogP contribution in [0.3, 0.4) is 0 Å². The van der Waals surface area contributed by atoms with Gasteiger partial charge in [0.15, 0.2) is 0 Å². The van der Waals surface area contributed by atoms with Gasteiger partial charge in [0.2, 0.25) is 5.88 Å². The number of carbonyl (C=O) groups excluding carboxylic acids is 1. The van der Waals surface area contributed by atoms with E-state index in [-0.39, 0.29) is 5.97 Å². The third kappa shape index (κ3) is 3.97. The average Bonchev–Trinajstić information content (AvgIpc) is 2.59. The molecular formula is C17H20N2O3. The fourth-order valence-corrected chi connectivity index (χ4v) is 1.94. The van der Waals surface area contributed by atoms with Crippen molar-refractivity contribution in [3.63, 3.8) is 0 Å². The molecule has 116 valence electrons. The first kappa shape index (κ1) is 15.8. The molecule has 1 aromatic heterocycles. The number of rotatable bonds is 6. The highest BCUT2D eigenvalue weighted by Gasteiger charge is 2.20. The minimum absolute atomic E-state index is 0.306. The number of anilines is 1. The first-order valence-electron chi connectivity index (χ1n) is 7.06. The van der Waals surface area contributed by atoms with Gasteiger partial charge in [-0.1, -0.05) is 36.4 Å². The van der Waals surface area contributed by atoms with Crippen molar-refractivity contribution >= 4 is 11.8 Å². The van der Waals surface area contributed by atoms with E-state index in [1.54, 1.807) is 24.9 Å². The molecule has 0 saturated carbocycles. The van der Waals surface area contributed by atoms with Crippen LogP contribution in [0.5, 0.6) is 5.88 Å². The monoisotopic (exact) mass is 300 g/mol. The summed E-state index contributed by atoms with van der Waals surface area (Å²) in [6, 6.07) is 14.9. The lowest BCUT2D eigenvalue weighted by atomic mass is 10.2. The second kappa shape index (κ2) is 7.45. The SMILES string of the molecule is COC(=O)[C@H](C)N(C)c1cccc(OCc2ccccc2)n1. The lowest BCUT2D eigenvalue weighted by Crippen LogP contribution is -2.37. The molecule has 0 radical (unpaired) electrons. The zero-order valence-corrected chi connectivity index (χ0v) is 13.0. The molecule has 5 nitrogen and oxygen atoms in total. The number of ether oxygens (including phenoxy) is 2. The molecule has 0 aliphatic heterocycles. The van der Waals surface area contributed by atoms with E-state index in [4.69, 9.17) is 9.47 Å². The van der Waals surface area contributed by atoms with Gasteiger partial charge in [0.25, 0.3) is 0 Å². The van der Waals surface area contributed by atoms with Crippen molar-refractivity contribution in [1.29, 1.82) is 0 Å². The van der Waals surface area contributed by atoms with Crippen molar-refractivity contribution in [3.8, 4) is 5.88 Å². The summed E-state index contributed by atoms with van der Waals surface area (Å²) in [5.74, 6) is 0.869. The van der Waals surface area contributed by atoms with E-state index in [1.165, 1.54) is 7.11 Å². The Labute approximate surface area is 130 Å². The smallest absolute Gasteiger partial charge is 0.328 e. The number of esters is 1. The molecule has 2 aromatic rings. The lowest BCUT2D eigenvalue weighted by molar-refractivity contribution is -0.141. The molecule has 0 amide bonds. The van der Waals surface area contributed by atoms with E-state index in [1.807, 2.05) is 42.5 Å². The van der Waals surface area contributed by atoms with Crippen LogP contribution in [0.2, 0.25) is 0 Å². The first-order valence-corrected chi connectivity index (χ1v) is 7.06. The number of hydrogen-bond acceptors (Lipinski definition) is 5. The number of carbonyl (C=O) groups is 1. The Morgan fingerprint density at radius 1 is 1.18 bits per heavy atom. The molecule has 0 fully saturated rings. The van der Waals surface area contributed by atoms with Crippen LogP contribution in [0.25, 0.3) is 0 Å². The summed E-state index contributed by atoms with van der Waals surface area (Å²) < 4.78 is 10.4. The highest BCUT2D eigenvalue weighted by Crippen LogP contribution is 2.18. The van der Waals surface area contributed by atoms with Crippen LogP contribution in [0.4, 0.5) is 5.82 Å². The number of hydrogen-bond donors (Lipinski definition) is 0. The number of methoxy groups -OCH3 is 1. The standard InChI is InChI=1S/C17H20N2O3/c1-13(17(20)21-3)19(2)15-10-7-11-16(18-15)22-12-14-8-5-4-6-9-14/h4-11,13H,12H2,1-3H3/t13-/m0/s1. The summed E-state index contributed by atoms with van der Waals surface area (Å²) in [4.78, 5) is 17.8. The molecule has 0 unspecified atom stereocenters. The van der Waals surface area contributed by atoms with Crippen molar-refractivity contribution in [2.75, 3.05) is 19.1 Å². The second-order valence-electron chi connectivity index (χ2n) is 4.92. The maximum absolute atomic E-state index is 11.6. The van der Waals surface area contributed by atoms with E-state index in [2.05, 4.69) is 4.98 Å². The van der Waals surface area contributed by atoms with Crippen LogP contribution < -0.4 is 9.64 Å². The van der Waals surface area contributed by atoms with Gasteiger partial charge in [-0.3, -0.25) is 0 Å². The van der Waals surface area contributed by atoms with Crippen molar-refractivity contribution < 1.29 is 14.3 Å². The minimum Gasteiger partial charge on any atom is -0.473 e. The van der Waals surface area contributed by atoms with Crippen molar-refractivity contribution in [2.45, 2.75) is 19.6 Å². The van der Waals surface area contributed by atoms with E-state index >= 15 is 0 Å². The van der Waals surface area contributed by atoms with Gasteiger partial charge in [-0.05, 0) is 18.6 Å². The van der Waals surface area contributed by atoms with Gasteiger partial charge in [0.1, 0.15) is 18.5 Å². The van der Waals surface area contributed by atoms with Gasteiger partial charge in [0.05, 0.1) is 7.11 Å². The topological polar surface area (TPSA) is 51.7 Å². The largest absolute Gasteiger partial charge is 0.473 e. The van der Waals surface area contributed by atoms with Crippen LogP contribution in [-0.2, 0) is 16.1 Å². The molecule has 1 aromatic carbocycles. The van der Waals surface area contributed by atoms with Crippen LogP contribution >= 0.6 is 0 Å². The lowest BCUT2D eigenvalue weighted by Gasteiger charge is -2.24. The highest BCUT2D eigenvalue weighted by molar-refractivity contribution is 5.78. The van der Waals surface area contributed by atoms with Gasteiger partial charge in [-0.15, -0.1) is 0 Å². The van der Waals surface area contributed by atoms with Gasteiger partial charge < -0.3 is 14.4 Å². The molecule has 2 rings (SSSR count). The molecule has 5 heteroatoms. The quantitative estimate of drug-likeness (QED) is 0.768. The fourth-order valence-electron chi connectivity index (χ4n) is 1.94. The van der Waals surface area contributed by atoms with Crippen LogP contribution in [-0.4, -0.2) is 31.2 Å². The average molecular weight is 300 g/mol. The molecule has 1 atom stereocenters. The Hall–Kier alpha value is -2.56. The van der Waals surface area contributed by atoms with Gasteiger partial charge in [0, 0.05) is 13.1 Å². The zero-order valence-electron chi connectivity index (χ0n) is 13.0. The molecule has 0 saturated heterocycles. The highest BCUT2D eigenvalue weighted by atomic mass is 16.5. The summed E-state index contributed by atoms with van der Waals surface area (Å²) in [5.41, 5.74) is 1.07. The predicted molar refractivity (Wildman–Crippen MR) is 84.9 cm³/mol. The number of benzene rings is 1. The molecule has 0 spiro atoms. The Kier molecular flexibility index (Phi) is 5.36. The third-order valence-corrected chi connectivity index (χ3v) is 3.42. The maximum Gasteiger partial charge on any atom is 0.328 e. The number of aromatic nitrogens is 1.